The van der Waals surface area contributed by atoms with Crippen molar-refractivity contribution in [1.29, 1.82) is 0 Å². The Labute approximate surface area is 131 Å². The van der Waals surface area contributed by atoms with E-state index in [9.17, 15) is 0 Å². The molecule has 2 N–H and O–H groups in total. The molecule has 0 bridgehead atoms. The maximum atomic E-state index is 5.36. The van der Waals surface area contributed by atoms with E-state index in [1.165, 1.54) is 12.8 Å². The molecule has 22 heavy (non-hydrogen) atoms. The Morgan fingerprint density at radius 3 is 2.23 bits per heavy atom. The molecule has 1 saturated carbocycles. The summed E-state index contributed by atoms with van der Waals surface area (Å²) in [5, 5.41) is 6.65. The minimum atomic E-state index is 0.540. The number of aliphatic imine (C=N–C) groups is 1. The molecule has 0 aliphatic heterocycles. The Bertz CT molecular complexity index is 502. The van der Waals surface area contributed by atoms with Gasteiger partial charge >= 0.3 is 0 Å². The Hall–Kier alpha value is -2.11. The highest BCUT2D eigenvalue weighted by Gasteiger charge is 2.22. The van der Waals surface area contributed by atoms with E-state index in [0.717, 1.165) is 18.1 Å². The fraction of sp³-hybridized carbons (Fsp3) is 0.562. The van der Waals surface area contributed by atoms with Crippen molar-refractivity contribution >= 4 is 5.96 Å². The van der Waals surface area contributed by atoms with Gasteiger partial charge in [0.15, 0.2) is 17.5 Å². The first-order valence-corrected chi connectivity index (χ1v) is 7.55. The summed E-state index contributed by atoms with van der Waals surface area (Å²) in [5.41, 5.74) is 1.00. The van der Waals surface area contributed by atoms with Gasteiger partial charge in [0.05, 0.1) is 27.9 Å². The summed E-state index contributed by atoms with van der Waals surface area (Å²) in [4.78, 5) is 4.61. The lowest BCUT2D eigenvalue weighted by atomic mass is 10.2. The van der Waals surface area contributed by atoms with Gasteiger partial charge in [0.2, 0.25) is 5.75 Å². The zero-order valence-corrected chi connectivity index (χ0v) is 13.7. The topological polar surface area (TPSA) is 64.1 Å². The normalized spacial score (nSPS) is 14.5. The van der Waals surface area contributed by atoms with E-state index in [0.29, 0.717) is 29.8 Å². The molecule has 0 saturated heterocycles. The Kier molecular flexibility index (Phi) is 5.75. The lowest BCUT2D eigenvalue weighted by molar-refractivity contribution is 0.324. The molecule has 0 atom stereocenters. The molecule has 0 aromatic heterocycles. The molecule has 6 heteroatoms. The van der Waals surface area contributed by atoms with Crippen molar-refractivity contribution in [2.75, 3.05) is 27.9 Å². The Balaban J connectivity index is 2.16. The van der Waals surface area contributed by atoms with E-state index >= 15 is 0 Å². The van der Waals surface area contributed by atoms with Crippen LogP contribution < -0.4 is 24.8 Å². The fourth-order valence-electron chi connectivity index (χ4n) is 2.14. The predicted octanol–water partition coefficient (Wildman–Crippen LogP) is 1.93. The zero-order valence-electron chi connectivity index (χ0n) is 13.7. The van der Waals surface area contributed by atoms with Crippen LogP contribution in [0.5, 0.6) is 17.2 Å². The van der Waals surface area contributed by atoms with Crippen LogP contribution in [-0.2, 0) is 6.54 Å². The lowest BCUT2D eigenvalue weighted by Gasteiger charge is -2.14. The summed E-state index contributed by atoms with van der Waals surface area (Å²) < 4.78 is 16.1. The third kappa shape index (κ3) is 4.19. The molecule has 1 aliphatic rings. The Morgan fingerprint density at radius 2 is 1.77 bits per heavy atom. The molecular formula is C16H25N3O3. The predicted molar refractivity (Wildman–Crippen MR) is 87.1 cm³/mol. The van der Waals surface area contributed by atoms with Crippen LogP contribution in [0.1, 0.15) is 25.3 Å². The van der Waals surface area contributed by atoms with E-state index < -0.39 is 0 Å². The van der Waals surface area contributed by atoms with Crippen LogP contribution in [0.2, 0.25) is 0 Å². The van der Waals surface area contributed by atoms with Gasteiger partial charge in [-0.2, -0.15) is 0 Å². The first kappa shape index (κ1) is 16.3. The van der Waals surface area contributed by atoms with Crippen molar-refractivity contribution in [3.63, 3.8) is 0 Å². The molecule has 0 heterocycles. The molecule has 0 amide bonds. The molecule has 0 radical (unpaired) electrons. The van der Waals surface area contributed by atoms with Gasteiger partial charge in [0, 0.05) is 12.6 Å². The standard InChI is InChI=1S/C16H25N3O3/c1-5-17-16(19-12-6-7-12)18-10-11-8-13(20-2)15(22-4)14(9-11)21-3/h8-9,12H,5-7,10H2,1-4H3,(H2,17,18,19). The number of rotatable bonds is 7. The summed E-state index contributed by atoms with van der Waals surface area (Å²) >= 11 is 0. The molecule has 0 unspecified atom stereocenters. The first-order chi connectivity index (χ1) is 10.7. The fourth-order valence-corrected chi connectivity index (χ4v) is 2.14. The van der Waals surface area contributed by atoms with Gasteiger partial charge in [0.25, 0.3) is 0 Å². The largest absolute Gasteiger partial charge is 0.493 e. The number of benzene rings is 1. The maximum Gasteiger partial charge on any atom is 0.203 e. The van der Waals surface area contributed by atoms with Gasteiger partial charge in [-0.25, -0.2) is 4.99 Å². The second-order valence-corrected chi connectivity index (χ2v) is 5.15. The van der Waals surface area contributed by atoms with E-state index in [-0.39, 0.29) is 0 Å². The summed E-state index contributed by atoms with van der Waals surface area (Å²) in [6, 6.07) is 4.41. The molecule has 1 fully saturated rings. The molecule has 122 valence electrons. The Morgan fingerprint density at radius 1 is 1.14 bits per heavy atom. The van der Waals surface area contributed by atoms with Crippen molar-refractivity contribution in [1.82, 2.24) is 10.6 Å². The molecule has 1 aromatic carbocycles. The van der Waals surface area contributed by atoms with Crippen LogP contribution in [0.4, 0.5) is 0 Å². The second-order valence-electron chi connectivity index (χ2n) is 5.15. The minimum absolute atomic E-state index is 0.540. The van der Waals surface area contributed by atoms with Crippen molar-refractivity contribution in [3.05, 3.63) is 17.7 Å². The number of nitrogens with zero attached hydrogens (tertiary/aromatic N) is 1. The molecule has 0 spiro atoms. The van der Waals surface area contributed by atoms with Gasteiger partial charge < -0.3 is 24.8 Å². The highest BCUT2D eigenvalue weighted by atomic mass is 16.5. The monoisotopic (exact) mass is 307 g/mol. The van der Waals surface area contributed by atoms with Gasteiger partial charge in [0.1, 0.15) is 0 Å². The summed E-state index contributed by atoms with van der Waals surface area (Å²) in [6.45, 7) is 3.44. The van der Waals surface area contributed by atoms with Crippen molar-refractivity contribution in [3.8, 4) is 17.2 Å². The van der Waals surface area contributed by atoms with E-state index in [2.05, 4.69) is 22.5 Å². The average Bonchev–Trinajstić information content (AvgIpc) is 3.35. The number of hydrogen-bond acceptors (Lipinski definition) is 4. The van der Waals surface area contributed by atoms with Crippen LogP contribution in [0.3, 0.4) is 0 Å². The smallest absolute Gasteiger partial charge is 0.203 e. The van der Waals surface area contributed by atoms with E-state index in [1.807, 2.05) is 12.1 Å². The van der Waals surface area contributed by atoms with E-state index in [1.54, 1.807) is 21.3 Å². The highest BCUT2D eigenvalue weighted by Crippen LogP contribution is 2.38. The number of guanidine groups is 1. The number of nitrogens with one attached hydrogen (secondary N) is 2. The van der Waals surface area contributed by atoms with Crippen LogP contribution in [0, 0.1) is 0 Å². The highest BCUT2D eigenvalue weighted by molar-refractivity contribution is 5.80. The number of hydrogen-bond donors (Lipinski definition) is 2. The lowest BCUT2D eigenvalue weighted by Crippen LogP contribution is -2.38. The first-order valence-electron chi connectivity index (χ1n) is 7.55. The van der Waals surface area contributed by atoms with Crippen LogP contribution in [0.15, 0.2) is 17.1 Å². The van der Waals surface area contributed by atoms with Gasteiger partial charge in [-0.05, 0) is 37.5 Å². The second kappa shape index (κ2) is 7.77. The van der Waals surface area contributed by atoms with Crippen LogP contribution >= 0.6 is 0 Å². The molecule has 6 nitrogen and oxygen atoms in total. The van der Waals surface area contributed by atoms with Crippen molar-refractivity contribution in [2.24, 2.45) is 4.99 Å². The molecule has 1 aliphatic carbocycles. The van der Waals surface area contributed by atoms with Gasteiger partial charge in [-0.15, -0.1) is 0 Å². The average molecular weight is 307 g/mol. The zero-order chi connectivity index (χ0) is 15.9. The SMILES string of the molecule is CCNC(=NCc1cc(OC)c(OC)c(OC)c1)NC1CC1. The van der Waals surface area contributed by atoms with Crippen molar-refractivity contribution in [2.45, 2.75) is 32.4 Å². The maximum absolute atomic E-state index is 5.36. The molecular weight excluding hydrogens is 282 g/mol. The van der Waals surface area contributed by atoms with Crippen molar-refractivity contribution < 1.29 is 14.2 Å². The van der Waals surface area contributed by atoms with E-state index in [4.69, 9.17) is 14.2 Å². The third-order valence-electron chi connectivity index (χ3n) is 3.41. The third-order valence-corrected chi connectivity index (χ3v) is 3.41. The number of ether oxygens (including phenoxy) is 3. The number of methoxy groups -OCH3 is 3. The molecule has 2 rings (SSSR count). The summed E-state index contributed by atoms with van der Waals surface area (Å²) in [5.74, 6) is 2.74. The van der Waals surface area contributed by atoms with Gasteiger partial charge in [-0.1, -0.05) is 0 Å². The van der Waals surface area contributed by atoms with Crippen LogP contribution in [0.25, 0.3) is 0 Å². The van der Waals surface area contributed by atoms with Gasteiger partial charge in [-0.3, -0.25) is 0 Å². The van der Waals surface area contributed by atoms with Crippen LogP contribution in [-0.4, -0.2) is 39.9 Å². The minimum Gasteiger partial charge on any atom is -0.493 e. The summed E-state index contributed by atoms with van der Waals surface area (Å²) in [7, 11) is 4.83. The quantitative estimate of drug-likeness (QED) is 0.595. The summed E-state index contributed by atoms with van der Waals surface area (Å²) in [6.07, 6.45) is 2.43. The molecule has 1 aromatic rings.